The van der Waals surface area contributed by atoms with E-state index in [2.05, 4.69) is 10.0 Å². The topological polar surface area (TPSA) is 103 Å². The molecule has 0 radical (unpaired) electrons. The number of carbonyl (C=O) groups excluding carboxylic acids is 1. The smallest absolute Gasteiger partial charge is 0.262 e. The fraction of sp³-hybridized carbons (Fsp3) is 0.160. The molecule has 0 bridgehead atoms. The molecule has 0 aliphatic carbocycles. The van der Waals surface area contributed by atoms with Gasteiger partial charge in [0.15, 0.2) is 11.5 Å². The summed E-state index contributed by atoms with van der Waals surface area (Å²) in [4.78, 5) is 12.5. The first-order valence-electron chi connectivity index (χ1n) is 10.2. The maximum absolute atomic E-state index is 12.9. The molecule has 34 heavy (non-hydrogen) atoms. The van der Waals surface area contributed by atoms with Crippen LogP contribution in [0, 0.1) is 6.92 Å². The minimum atomic E-state index is -3.88. The van der Waals surface area contributed by atoms with Crippen LogP contribution in [0.25, 0.3) is 6.08 Å². The molecule has 0 saturated heterocycles. The van der Waals surface area contributed by atoms with E-state index in [0.717, 1.165) is 5.56 Å². The third-order valence-corrected chi connectivity index (χ3v) is 6.45. The van der Waals surface area contributed by atoms with Gasteiger partial charge in [-0.25, -0.2) is 8.42 Å². The monoisotopic (exact) mass is 482 g/mol. The summed E-state index contributed by atoms with van der Waals surface area (Å²) in [5.74, 6) is 1.33. The molecule has 0 aromatic heterocycles. The van der Waals surface area contributed by atoms with Crippen LogP contribution in [0.1, 0.15) is 11.1 Å². The summed E-state index contributed by atoms with van der Waals surface area (Å²) in [6.07, 6.45) is 2.97. The Balaban J connectivity index is 1.75. The van der Waals surface area contributed by atoms with Crippen molar-refractivity contribution in [2.45, 2.75) is 11.8 Å². The van der Waals surface area contributed by atoms with Gasteiger partial charge in [0.1, 0.15) is 5.75 Å². The molecule has 178 valence electrons. The van der Waals surface area contributed by atoms with Gasteiger partial charge in [0.2, 0.25) is 5.91 Å². The molecule has 2 N–H and O–H groups in total. The van der Waals surface area contributed by atoms with Crippen LogP contribution in [-0.4, -0.2) is 35.7 Å². The van der Waals surface area contributed by atoms with Crippen LogP contribution in [0.3, 0.4) is 0 Å². The Morgan fingerprint density at radius 1 is 0.824 bits per heavy atom. The fourth-order valence-electron chi connectivity index (χ4n) is 3.15. The van der Waals surface area contributed by atoms with Crippen molar-refractivity contribution in [2.75, 3.05) is 31.4 Å². The Morgan fingerprint density at radius 3 is 2.15 bits per heavy atom. The lowest BCUT2D eigenvalue weighted by Gasteiger charge is -2.12. The zero-order chi connectivity index (χ0) is 24.7. The van der Waals surface area contributed by atoms with Gasteiger partial charge in [-0.3, -0.25) is 9.52 Å². The van der Waals surface area contributed by atoms with Gasteiger partial charge in [-0.1, -0.05) is 12.1 Å². The average molecular weight is 483 g/mol. The molecule has 0 aliphatic heterocycles. The van der Waals surface area contributed by atoms with Crippen molar-refractivity contribution in [1.29, 1.82) is 0 Å². The van der Waals surface area contributed by atoms with Gasteiger partial charge in [-0.05, 0) is 72.7 Å². The summed E-state index contributed by atoms with van der Waals surface area (Å²) < 4.78 is 44.0. The van der Waals surface area contributed by atoms with Crippen molar-refractivity contribution in [3.63, 3.8) is 0 Å². The third-order valence-electron chi connectivity index (χ3n) is 4.92. The Labute approximate surface area is 199 Å². The molecule has 0 saturated carbocycles. The van der Waals surface area contributed by atoms with Gasteiger partial charge in [-0.2, -0.15) is 0 Å². The lowest BCUT2D eigenvalue weighted by Crippen LogP contribution is -2.15. The Hall–Kier alpha value is -3.98. The Bertz CT molecular complexity index is 1300. The van der Waals surface area contributed by atoms with Crippen LogP contribution >= 0.6 is 0 Å². The number of rotatable bonds is 9. The number of amides is 1. The van der Waals surface area contributed by atoms with E-state index in [9.17, 15) is 13.2 Å². The first-order valence-corrected chi connectivity index (χ1v) is 11.7. The highest BCUT2D eigenvalue weighted by molar-refractivity contribution is 7.92. The highest BCUT2D eigenvalue weighted by Gasteiger charge is 2.18. The van der Waals surface area contributed by atoms with E-state index in [0.29, 0.717) is 34.2 Å². The molecule has 8 nitrogen and oxygen atoms in total. The molecule has 0 spiro atoms. The minimum Gasteiger partial charge on any atom is -0.497 e. The summed E-state index contributed by atoms with van der Waals surface area (Å²) >= 11 is 0. The number of hydrogen-bond donors (Lipinski definition) is 2. The van der Waals surface area contributed by atoms with Gasteiger partial charge < -0.3 is 19.5 Å². The number of aryl methyl sites for hydroxylation is 1. The van der Waals surface area contributed by atoms with E-state index in [1.807, 2.05) is 0 Å². The number of benzene rings is 3. The van der Waals surface area contributed by atoms with E-state index in [1.165, 1.54) is 26.4 Å². The summed E-state index contributed by atoms with van der Waals surface area (Å²) in [5, 5.41) is 2.69. The van der Waals surface area contributed by atoms with Crippen molar-refractivity contribution < 1.29 is 27.4 Å². The van der Waals surface area contributed by atoms with Crippen molar-refractivity contribution in [1.82, 2.24) is 0 Å². The first-order chi connectivity index (χ1) is 16.2. The second-order valence-corrected chi connectivity index (χ2v) is 8.90. The number of hydrogen-bond acceptors (Lipinski definition) is 6. The molecule has 9 heteroatoms. The second kappa shape index (κ2) is 10.8. The zero-order valence-corrected chi connectivity index (χ0v) is 20.1. The number of anilines is 2. The highest BCUT2D eigenvalue weighted by Crippen LogP contribution is 2.28. The Morgan fingerprint density at radius 2 is 1.50 bits per heavy atom. The molecule has 0 fully saturated rings. The zero-order valence-electron chi connectivity index (χ0n) is 19.3. The SMILES string of the molecule is COc1ccc(NS(=O)(=O)c2cc(NC(=O)/C=C/c3ccc(OC)c(OC)c3)ccc2C)cc1. The summed E-state index contributed by atoms with van der Waals surface area (Å²) in [7, 11) is 0.733. The third kappa shape index (κ3) is 6.08. The molecule has 0 aliphatic rings. The van der Waals surface area contributed by atoms with Gasteiger partial charge in [0.25, 0.3) is 10.0 Å². The van der Waals surface area contributed by atoms with E-state index in [-0.39, 0.29) is 4.90 Å². The standard InChI is InChI=1S/C25H26N2O6S/c1-17-5-8-20(16-24(17)34(29,30)27-19-9-11-21(31-2)12-10-19)26-25(28)14-7-18-6-13-22(32-3)23(15-18)33-4/h5-16,27H,1-4H3,(H,26,28)/b14-7+. The molecule has 1 amide bonds. The lowest BCUT2D eigenvalue weighted by molar-refractivity contribution is -0.111. The van der Waals surface area contributed by atoms with Gasteiger partial charge >= 0.3 is 0 Å². The number of sulfonamides is 1. The fourth-order valence-corrected chi connectivity index (χ4v) is 4.48. The van der Waals surface area contributed by atoms with Gasteiger partial charge in [0, 0.05) is 17.5 Å². The molecule has 0 atom stereocenters. The number of methoxy groups -OCH3 is 3. The predicted octanol–water partition coefficient (Wildman–Crippen LogP) is 4.47. The maximum Gasteiger partial charge on any atom is 0.262 e. The molecular formula is C25H26N2O6S. The Kier molecular flexibility index (Phi) is 7.80. The van der Waals surface area contributed by atoms with Crippen LogP contribution < -0.4 is 24.2 Å². The normalized spacial score (nSPS) is 11.2. The molecule has 3 rings (SSSR count). The molecular weight excluding hydrogens is 456 g/mol. The van der Waals surface area contributed by atoms with Crippen molar-refractivity contribution >= 4 is 33.4 Å². The predicted molar refractivity (Wildman–Crippen MR) is 132 cm³/mol. The number of nitrogens with one attached hydrogen (secondary N) is 2. The lowest BCUT2D eigenvalue weighted by atomic mass is 10.2. The summed E-state index contributed by atoms with van der Waals surface area (Å²) in [6.45, 7) is 1.69. The van der Waals surface area contributed by atoms with Crippen LogP contribution in [0.5, 0.6) is 17.2 Å². The van der Waals surface area contributed by atoms with Crippen molar-refractivity contribution in [3.8, 4) is 17.2 Å². The van der Waals surface area contributed by atoms with Crippen LogP contribution in [0.15, 0.2) is 71.6 Å². The molecule has 0 unspecified atom stereocenters. The maximum atomic E-state index is 12.9. The van der Waals surface area contributed by atoms with E-state index >= 15 is 0 Å². The second-order valence-electron chi connectivity index (χ2n) is 7.25. The summed E-state index contributed by atoms with van der Waals surface area (Å²) in [5.41, 5.74) is 2.03. The van der Waals surface area contributed by atoms with E-state index < -0.39 is 15.9 Å². The highest BCUT2D eigenvalue weighted by atomic mass is 32.2. The van der Waals surface area contributed by atoms with Crippen molar-refractivity contribution in [3.05, 3.63) is 77.9 Å². The van der Waals surface area contributed by atoms with E-state index in [4.69, 9.17) is 14.2 Å². The van der Waals surface area contributed by atoms with Crippen molar-refractivity contribution in [2.24, 2.45) is 0 Å². The number of carbonyl (C=O) groups is 1. The summed E-state index contributed by atoms with van der Waals surface area (Å²) in [6, 6.07) is 16.5. The van der Waals surface area contributed by atoms with Crippen LogP contribution in [0.2, 0.25) is 0 Å². The minimum absolute atomic E-state index is 0.0602. The van der Waals surface area contributed by atoms with Crippen LogP contribution in [-0.2, 0) is 14.8 Å². The largest absolute Gasteiger partial charge is 0.497 e. The first kappa shape index (κ1) is 24.7. The number of ether oxygens (including phenoxy) is 3. The molecule has 0 heterocycles. The van der Waals surface area contributed by atoms with Gasteiger partial charge in [0.05, 0.1) is 26.2 Å². The van der Waals surface area contributed by atoms with Gasteiger partial charge in [-0.15, -0.1) is 0 Å². The average Bonchev–Trinajstić information content (AvgIpc) is 2.83. The van der Waals surface area contributed by atoms with Crippen LogP contribution in [0.4, 0.5) is 11.4 Å². The molecule has 3 aromatic carbocycles. The quantitative estimate of drug-likeness (QED) is 0.436. The molecule has 3 aromatic rings. The van der Waals surface area contributed by atoms with E-state index in [1.54, 1.807) is 74.7 Å².